The highest BCUT2D eigenvalue weighted by atomic mass is 32.3. The fourth-order valence-electron chi connectivity index (χ4n) is 1.66. The number of rotatable bonds is 5. The SMILES string of the molecule is CCNc1nc(Nc2ccc(S(=O)(=O)F)cc2)ncc1C#N. The summed E-state index contributed by atoms with van der Waals surface area (Å²) in [6.45, 7) is 2.46. The molecule has 0 saturated carbocycles. The summed E-state index contributed by atoms with van der Waals surface area (Å²) in [6.07, 6.45) is 1.37. The summed E-state index contributed by atoms with van der Waals surface area (Å²) < 4.78 is 34.3. The first-order chi connectivity index (χ1) is 10.4. The van der Waals surface area contributed by atoms with Crippen LogP contribution in [0.1, 0.15) is 12.5 Å². The van der Waals surface area contributed by atoms with E-state index in [0.29, 0.717) is 23.6 Å². The zero-order valence-corrected chi connectivity index (χ0v) is 12.4. The quantitative estimate of drug-likeness (QED) is 0.812. The second-order valence-electron chi connectivity index (χ2n) is 4.19. The van der Waals surface area contributed by atoms with Crippen LogP contribution in [0.5, 0.6) is 0 Å². The normalized spacial score (nSPS) is 10.8. The fraction of sp³-hybridized carbons (Fsp3) is 0.154. The minimum Gasteiger partial charge on any atom is -0.369 e. The number of benzene rings is 1. The smallest absolute Gasteiger partial charge is 0.332 e. The molecule has 2 N–H and O–H groups in total. The summed E-state index contributed by atoms with van der Waals surface area (Å²) in [5.74, 6) is 0.622. The number of nitrogens with zero attached hydrogens (tertiary/aromatic N) is 3. The number of nitrogens with one attached hydrogen (secondary N) is 2. The largest absolute Gasteiger partial charge is 0.369 e. The molecule has 2 rings (SSSR count). The van der Waals surface area contributed by atoms with E-state index in [1.807, 2.05) is 13.0 Å². The Morgan fingerprint density at radius 3 is 2.55 bits per heavy atom. The van der Waals surface area contributed by atoms with Gasteiger partial charge < -0.3 is 10.6 Å². The van der Waals surface area contributed by atoms with Crippen LogP contribution in [0, 0.1) is 11.3 Å². The van der Waals surface area contributed by atoms with Gasteiger partial charge in [-0.3, -0.25) is 0 Å². The molecule has 22 heavy (non-hydrogen) atoms. The van der Waals surface area contributed by atoms with Crippen molar-refractivity contribution in [1.82, 2.24) is 9.97 Å². The summed E-state index contributed by atoms with van der Waals surface area (Å²) >= 11 is 0. The Kier molecular flexibility index (Phi) is 4.53. The molecular formula is C13H12FN5O2S. The highest BCUT2D eigenvalue weighted by Gasteiger charge is 2.11. The Balaban J connectivity index is 2.24. The second-order valence-corrected chi connectivity index (χ2v) is 5.53. The third-order valence-corrected chi connectivity index (χ3v) is 3.48. The van der Waals surface area contributed by atoms with Gasteiger partial charge in [0.2, 0.25) is 5.95 Å². The van der Waals surface area contributed by atoms with Crippen molar-refractivity contribution < 1.29 is 12.3 Å². The lowest BCUT2D eigenvalue weighted by Gasteiger charge is -2.08. The number of nitriles is 1. The first-order valence-corrected chi connectivity index (χ1v) is 7.65. The zero-order chi connectivity index (χ0) is 16.2. The zero-order valence-electron chi connectivity index (χ0n) is 11.5. The Hall–Kier alpha value is -2.73. The molecule has 1 aromatic carbocycles. The molecule has 0 radical (unpaired) electrons. The fourth-order valence-corrected chi connectivity index (χ4v) is 2.12. The van der Waals surface area contributed by atoms with E-state index in [0.717, 1.165) is 12.1 Å². The van der Waals surface area contributed by atoms with E-state index in [4.69, 9.17) is 5.26 Å². The molecular weight excluding hydrogens is 309 g/mol. The van der Waals surface area contributed by atoms with Crippen LogP contribution in [0.3, 0.4) is 0 Å². The average Bonchev–Trinajstić information content (AvgIpc) is 2.47. The third kappa shape index (κ3) is 3.67. The molecule has 0 amide bonds. The Morgan fingerprint density at radius 1 is 1.32 bits per heavy atom. The molecule has 0 aliphatic heterocycles. The van der Waals surface area contributed by atoms with Crippen molar-refractivity contribution in [1.29, 1.82) is 5.26 Å². The van der Waals surface area contributed by atoms with Crippen LogP contribution >= 0.6 is 0 Å². The van der Waals surface area contributed by atoms with E-state index in [-0.39, 0.29) is 5.95 Å². The molecule has 0 bridgehead atoms. The molecule has 0 unspecified atom stereocenters. The van der Waals surface area contributed by atoms with Crippen molar-refractivity contribution in [2.45, 2.75) is 11.8 Å². The van der Waals surface area contributed by atoms with Crippen molar-refractivity contribution in [3.63, 3.8) is 0 Å². The van der Waals surface area contributed by atoms with Crippen LogP contribution in [-0.2, 0) is 10.2 Å². The lowest BCUT2D eigenvalue weighted by atomic mass is 10.3. The summed E-state index contributed by atoms with van der Waals surface area (Å²) in [6, 6.07) is 7.01. The van der Waals surface area contributed by atoms with Crippen molar-refractivity contribution in [2.75, 3.05) is 17.2 Å². The first-order valence-electron chi connectivity index (χ1n) is 6.27. The summed E-state index contributed by atoms with van der Waals surface area (Å²) in [4.78, 5) is 7.71. The molecule has 0 spiro atoms. The van der Waals surface area contributed by atoms with Gasteiger partial charge in [-0.1, -0.05) is 0 Å². The van der Waals surface area contributed by atoms with Crippen molar-refractivity contribution >= 4 is 27.7 Å². The predicted octanol–water partition coefficient (Wildman–Crippen LogP) is 2.18. The summed E-state index contributed by atoms with van der Waals surface area (Å²) in [7, 11) is -4.72. The standard InChI is InChI=1S/C13H12FN5O2S/c1-2-16-12-9(7-15)8-17-13(19-12)18-10-3-5-11(6-4-10)22(14,20)21/h3-6,8H,2H2,1H3,(H2,16,17,18,19). The van der Waals surface area contributed by atoms with E-state index >= 15 is 0 Å². The molecule has 0 fully saturated rings. The van der Waals surface area contributed by atoms with Crippen LogP contribution in [0.15, 0.2) is 35.4 Å². The number of hydrogen-bond donors (Lipinski definition) is 2. The molecule has 1 heterocycles. The maximum absolute atomic E-state index is 12.8. The summed E-state index contributed by atoms with van der Waals surface area (Å²) in [5.41, 5.74) is 0.797. The Bertz CT molecular complexity index is 815. The number of hydrogen-bond acceptors (Lipinski definition) is 7. The van der Waals surface area contributed by atoms with Crippen molar-refractivity contribution in [3.8, 4) is 6.07 Å². The van der Waals surface area contributed by atoms with Crippen LogP contribution in [-0.4, -0.2) is 24.9 Å². The predicted molar refractivity (Wildman–Crippen MR) is 78.9 cm³/mol. The van der Waals surface area contributed by atoms with Crippen molar-refractivity contribution in [2.24, 2.45) is 0 Å². The molecule has 114 valence electrons. The minimum absolute atomic E-state index is 0.228. The maximum Gasteiger partial charge on any atom is 0.332 e. The maximum atomic E-state index is 12.8. The minimum atomic E-state index is -4.72. The van der Waals surface area contributed by atoms with Gasteiger partial charge in [0.25, 0.3) is 0 Å². The number of halogens is 1. The molecule has 9 heteroatoms. The molecule has 7 nitrogen and oxygen atoms in total. The van der Waals surface area contributed by atoms with E-state index in [9.17, 15) is 12.3 Å². The van der Waals surface area contributed by atoms with Crippen LogP contribution in [0.4, 0.5) is 21.3 Å². The number of anilines is 3. The topological polar surface area (TPSA) is 108 Å². The van der Waals surface area contributed by atoms with E-state index in [2.05, 4.69) is 20.6 Å². The molecule has 0 atom stereocenters. The Morgan fingerprint density at radius 2 is 2.00 bits per heavy atom. The van der Waals surface area contributed by atoms with Crippen LogP contribution in [0.2, 0.25) is 0 Å². The van der Waals surface area contributed by atoms with Gasteiger partial charge in [0.15, 0.2) is 0 Å². The lowest BCUT2D eigenvalue weighted by molar-refractivity contribution is 0.552. The highest BCUT2D eigenvalue weighted by molar-refractivity contribution is 7.86. The van der Waals surface area contributed by atoms with Gasteiger partial charge in [0.05, 0.1) is 11.1 Å². The van der Waals surface area contributed by atoms with Gasteiger partial charge >= 0.3 is 10.2 Å². The number of aromatic nitrogens is 2. The van der Waals surface area contributed by atoms with Gasteiger partial charge in [0.1, 0.15) is 17.5 Å². The van der Waals surface area contributed by atoms with Crippen molar-refractivity contribution in [3.05, 3.63) is 36.0 Å². The Labute approximate surface area is 127 Å². The average molecular weight is 321 g/mol. The van der Waals surface area contributed by atoms with Gasteiger partial charge in [-0.2, -0.15) is 18.7 Å². The van der Waals surface area contributed by atoms with Gasteiger partial charge in [0, 0.05) is 12.2 Å². The van der Waals surface area contributed by atoms with Gasteiger partial charge in [-0.05, 0) is 31.2 Å². The molecule has 0 aliphatic rings. The van der Waals surface area contributed by atoms with Gasteiger partial charge in [-0.15, -0.1) is 3.89 Å². The van der Waals surface area contributed by atoms with Crippen LogP contribution in [0.25, 0.3) is 0 Å². The second kappa shape index (κ2) is 6.36. The molecule has 0 saturated heterocycles. The summed E-state index contributed by atoms with van der Waals surface area (Å²) in [5, 5.41) is 14.7. The van der Waals surface area contributed by atoms with E-state index < -0.39 is 15.1 Å². The first kappa shape index (κ1) is 15.7. The third-order valence-electron chi connectivity index (χ3n) is 2.65. The van der Waals surface area contributed by atoms with E-state index in [1.165, 1.54) is 18.3 Å². The molecule has 0 aliphatic carbocycles. The lowest BCUT2D eigenvalue weighted by Crippen LogP contribution is -2.06. The monoisotopic (exact) mass is 321 g/mol. The van der Waals surface area contributed by atoms with Crippen LogP contribution < -0.4 is 10.6 Å². The van der Waals surface area contributed by atoms with Gasteiger partial charge in [-0.25, -0.2) is 4.98 Å². The molecule has 1 aromatic heterocycles. The van der Waals surface area contributed by atoms with E-state index in [1.54, 1.807) is 0 Å². The molecule has 2 aromatic rings. The highest BCUT2D eigenvalue weighted by Crippen LogP contribution is 2.19.